The second-order valence-corrected chi connectivity index (χ2v) is 14.0. The molecule has 14 nitrogen and oxygen atoms in total. The van der Waals surface area contributed by atoms with Crippen molar-refractivity contribution in [2.75, 3.05) is 44.7 Å². The standard InChI is InChI=1S/C36H40F2N5O9P/c1-4-50-53(47,51-5-2)22-42(35(40)46)17-6-18-49-32-20-26-28(21-31(32)48-3)41-16-13-29(26)52-30-12-11-25(19-27(30)38)43(24-9-7-23(37)8-10-24)34(45)36(14-15-36)33(39)44/h7-13,16,19-21H,4-6,14-15,17-18,22H2,1-3H3,(H2,39,44)(H2,40,46). The number of amides is 4. The molecule has 5 rings (SSSR count). The van der Waals surface area contributed by atoms with E-state index in [0.717, 1.165) is 23.1 Å². The quantitative estimate of drug-likeness (QED) is 0.0635. The number of rotatable bonds is 18. The van der Waals surface area contributed by atoms with Crippen LogP contribution < -0.4 is 30.6 Å². The highest BCUT2D eigenvalue weighted by Gasteiger charge is 2.57. The highest BCUT2D eigenvalue weighted by Crippen LogP contribution is 2.50. The molecule has 1 saturated carbocycles. The second-order valence-electron chi connectivity index (χ2n) is 12.0. The van der Waals surface area contributed by atoms with E-state index < -0.39 is 42.5 Å². The van der Waals surface area contributed by atoms with E-state index >= 15 is 4.39 Å². The molecule has 0 atom stereocenters. The molecule has 0 spiro atoms. The Balaban J connectivity index is 1.36. The fourth-order valence-electron chi connectivity index (χ4n) is 5.61. The van der Waals surface area contributed by atoms with Crippen molar-refractivity contribution in [3.8, 4) is 23.0 Å². The van der Waals surface area contributed by atoms with Crippen molar-refractivity contribution in [1.29, 1.82) is 0 Å². The Bertz CT molecular complexity index is 2020. The van der Waals surface area contributed by atoms with E-state index in [2.05, 4.69) is 4.98 Å². The van der Waals surface area contributed by atoms with Crippen LogP contribution in [0.3, 0.4) is 0 Å². The van der Waals surface area contributed by atoms with Gasteiger partial charge in [0.2, 0.25) is 11.8 Å². The number of primary amides is 2. The molecule has 17 heteroatoms. The third-order valence-electron chi connectivity index (χ3n) is 8.44. The average molecular weight is 756 g/mol. The van der Waals surface area contributed by atoms with Crippen LogP contribution in [0.25, 0.3) is 10.9 Å². The van der Waals surface area contributed by atoms with Gasteiger partial charge in [-0.15, -0.1) is 0 Å². The Kier molecular flexibility index (Phi) is 12.2. The predicted octanol–water partition coefficient (Wildman–Crippen LogP) is 6.62. The molecular weight excluding hydrogens is 715 g/mol. The summed E-state index contributed by atoms with van der Waals surface area (Å²) in [6.07, 6.45) is 1.92. The molecule has 4 amide bonds. The van der Waals surface area contributed by atoms with Gasteiger partial charge < -0.3 is 39.6 Å². The second kappa shape index (κ2) is 16.6. The lowest BCUT2D eigenvalue weighted by atomic mass is 10.0. The van der Waals surface area contributed by atoms with E-state index in [1.807, 2.05) is 0 Å². The molecule has 1 fully saturated rings. The van der Waals surface area contributed by atoms with Crippen molar-refractivity contribution in [1.82, 2.24) is 9.88 Å². The van der Waals surface area contributed by atoms with Gasteiger partial charge in [0.15, 0.2) is 23.1 Å². The van der Waals surface area contributed by atoms with Gasteiger partial charge in [-0.3, -0.25) is 24.0 Å². The zero-order valence-electron chi connectivity index (χ0n) is 29.4. The third-order valence-corrected chi connectivity index (χ3v) is 10.4. The summed E-state index contributed by atoms with van der Waals surface area (Å²) in [7, 11) is -2.13. The number of carbonyl (C=O) groups excluding carboxylic acids is 3. The van der Waals surface area contributed by atoms with Crippen LogP contribution in [-0.2, 0) is 23.2 Å². The highest BCUT2D eigenvalue weighted by molar-refractivity contribution is 7.53. The molecule has 282 valence electrons. The molecule has 1 aromatic heterocycles. The van der Waals surface area contributed by atoms with Crippen molar-refractivity contribution in [3.63, 3.8) is 0 Å². The van der Waals surface area contributed by atoms with E-state index in [4.69, 9.17) is 34.7 Å². The average Bonchev–Trinajstić information content (AvgIpc) is 3.94. The normalized spacial score (nSPS) is 13.3. The number of methoxy groups -OCH3 is 1. The number of ether oxygens (including phenoxy) is 3. The lowest BCUT2D eigenvalue weighted by molar-refractivity contribution is -0.133. The summed E-state index contributed by atoms with van der Waals surface area (Å²) in [4.78, 5) is 44.6. The predicted molar refractivity (Wildman–Crippen MR) is 191 cm³/mol. The van der Waals surface area contributed by atoms with Crippen LogP contribution in [-0.4, -0.2) is 67.5 Å². The van der Waals surface area contributed by atoms with Gasteiger partial charge in [-0.1, -0.05) is 0 Å². The molecule has 0 bridgehead atoms. The number of anilines is 2. The summed E-state index contributed by atoms with van der Waals surface area (Å²) in [5.74, 6) is -2.15. The number of pyridine rings is 1. The minimum Gasteiger partial charge on any atom is -0.493 e. The van der Waals surface area contributed by atoms with E-state index in [1.165, 1.54) is 48.5 Å². The summed E-state index contributed by atoms with van der Waals surface area (Å²) in [5.41, 5.74) is 10.4. The maximum atomic E-state index is 15.8. The SMILES string of the molecule is CCOP(=O)(CN(CCCOc1cc2c(Oc3ccc(N(C(=O)C4(C(N)=O)CC4)c4ccc(F)cc4)cc3F)ccnc2cc1OC)C(N)=O)OCC. The zero-order valence-corrected chi connectivity index (χ0v) is 30.3. The summed E-state index contributed by atoms with van der Waals surface area (Å²) in [6, 6.07) is 12.8. The molecule has 4 N–H and O–H groups in total. The van der Waals surface area contributed by atoms with Crippen LogP contribution in [0.15, 0.2) is 66.9 Å². The monoisotopic (exact) mass is 755 g/mol. The van der Waals surface area contributed by atoms with Crippen molar-refractivity contribution in [2.45, 2.75) is 33.1 Å². The largest absolute Gasteiger partial charge is 0.493 e. The Labute approximate surface area is 304 Å². The van der Waals surface area contributed by atoms with Gasteiger partial charge in [-0.2, -0.15) is 0 Å². The molecule has 53 heavy (non-hydrogen) atoms. The van der Waals surface area contributed by atoms with Gasteiger partial charge in [0.25, 0.3) is 0 Å². The molecular formula is C36H40F2N5O9P. The first-order chi connectivity index (χ1) is 25.3. The Morgan fingerprint density at radius 2 is 1.57 bits per heavy atom. The van der Waals surface area contributed by atoms with Crippen molar-refractivity contribution in [2.24, 2.45) is 16.9 Å². The Morgan fingerprint density at radius 1 is 0.887 bits per heavy atom. The fourth-order valence-corrected chi connectivity index (χ4v) is 7.33. The summed E-state index contributed by atoms with van der Waals surface area (Å²) < 4.78 is 70.6. The first kappa shape index (κ1) is 38.9. The number of urea groups is 1. The van der Waals surface area contributed by atoms with E-state index in [9.17, 15) is 23.3 Å². The number of hydrogen-bond donors (Lipinski definition) is 2. The molecule has 0 unspecified atom stereocenters. The van der Waals surface area contributed by atoms with Crippen molar-refractivity contribution in [3.05, 3.63) is 78.5 Å². The van der Waals surface area contributed by atoms with Crippen LogP contribution in [0.5, 0.6) is 23.0 Å². The maximum absolute atomic E-state index is 15.8. The Morgan fingerprint density at radius 3 is 2.15 bits per heavy atom. The van der Waals surface area contributed by atoms with Crippen molar-refractivity contribution < 1.29 is 51.0 Å². The summed E-state index contributed by atoms with van der Waals surface area (Å²) >= 11 is 0. The molecule has 0 radical (unpaired) electrons. The number of fused-ring (bicyclic) bond motifs is 1. The maximum Gasteiger partial charge on any atom is 0.349 e. The lowest BCUT2D eigenvalue weighted by Crippen LogP contribution is -2.41. The van der Waals surface area contributed by atoms with Gasteiger partial charge in [0.1, 0.15) is 23.3 Å². The summed E-state index contributed by atoms with van der Waals surface area (Å²) in [5, 5.41) is 0.445. The molecule has 1 aliphatic carbocycles. The lowest BCUT2D eigenvalue weighted by Gasteiger charge is -2.26. The number of benzene rings is 3. The molecule has 0 saturated heterocycles. The number of nitrogens with zero attached hydrogens (tertiary/aromatic N) is 3. The molecule has 1 aliphatic rings. The van der Waals surface area contributed by atoms with Crippen LogP contribution >= 0.6 is 7.60 Å². The van der Waals surface area contributed by atoms with Crippen molar-refractivity contribution >= 4 is 47.7 Å². The van der Waals surface area contributed by atoms with Crippen LogP contribution in [0.1, 0.15) is 33.1 Å². The van der Waals surface area contributed by atoms with E-state index in [0.29, 0.717) is 22.4 Å². The minimum absolute atomic E-state index is 0.0764. The Hall–Kier alpha value is -5.31. The highest BCUT2D eigenvalue weighted by atomic mass is 31.2. The summed E-state index contributed by atoms with van der Waals surface area (Å²) in [6.45, 7) is 3.76. The zero-order chi connectivity index (χ0) is 38.3. The molecule has 1 heterocycles. The van der Waals surface area contributed by atoms with Gasteiger partial charge in [-0.25, -0.2) is 13.6 Å². The van der Waals surface area contributed by atoms with Crippen LogP contribution in [0.2, 0.25) is 0 Å². The minimum atomic E-state index is -3.58. The number of carbonyl (C=O) groups is 3. The number of halogens is 2. The molecule has 0 aliphatic heterocycles. The first-order valence-corrected chi connectivity index (χ1v) is 18.5. The van der Waals surface area contributed by atoms with E-state index in [-0.39, 0.29) is 74.8 Å². The molecule has 4 aromatic rings. The van der Waals surface area contributed by atoms with Gasteiger partial charge >= 0.3 is 13.6 Å². The third kappa shape index (κ3) is 8.84. The van der Waals surface area contributed by atoms with Crippen LogP contribution in [0.4, 0.5) is 25.0 Å². The number of hydrogen-bond acceptors (Lipinski definition) is 10. The number of nitrogens with two attached hydrogens (primary N) is 2. The van der Waals surface area contributed by atoms with Gasteiger partial charge in [-0.05, 0) is 81.6 Å². The van der Waals surface area contributed by atoms with Crippen LogP contribution in [0, 0.1) is 17.0 Å². The van der Waals surface area contributed by atoms with E-state index in [1.54, 1.807) is 26.0 Å². The van der Waals surface area contributed by atoms with Gasteiger partial charge in [0, 0.05) is 35.9 Å². The number of aromatic nitrogens is 1. The topological polar surface area (TPSA) is 186 Å². The fraction of sp³-hybridized carbons (Fsp3) is 0.333. The smallest absolute Gasteiger partial charge is 0.349 e. The van der Waals surface area contributed by atoms with Gasteiger partial charge in [0.05, 0.1) is 38.1 Å². The molecule has 3 aromatic carbocycles. The first-order valence-electron chi connectivity index (χ1n) is 16.7.